The molecule has 2 heterocycles. The van der Waals surface area contributed by atoms with Crippen LogP contribution in [0.5, 0.6) is 0 Å². The summed E-state index contributed by atoms with van der Waals surface area (Å²) in [7, 11) is 0. The molecule has 2 aromatic rings. The van der Waals surface area contributed by atoms with Crippen molar-refractivity contribution >= 4 is 16.7 Å². The molecular weight excluding hydrogens is 212 g/mol. The van der Waals surface area contributed by atoms with Gasteiger partial charge in [-0.25, -0.2) is 0 Å². The Labute approximate surface area is 99.8 Å². The van der Waals surface area contributed by atoms with Crippen molar-refractivity contribution in [2.24, 2.45) is 0 Å². The molecule has 2 N–H and O–H groups in total. The molecule has 4 nitrogen and oxygen atoms in total. The zero-order valence-corrected chi connectivity index (χ0v) is 9.70. The first-order valence-corrected chi connectivity index (χ1v) is 5.76. The van der Waals surface area contributed by atoms with E-state index in [-0.39, 0.29) is 0 Å². The molecule has 0 saturated carbocycles. The number of anilines is 1. The van der Waals surface area contributed by atoms with E-state index in [1.807, 2.05) is 12.1 Å². The Morgan fingerprint density at radius 1 is 1.24 bits per heavy atom. The van der Waals surface area contributed by atoms with Gasteiger partial charge in [0, 0.05) is 30.2 Å². The van der Waals surface area contributed by atoms with Crippen molar-refractivity contribution in [3.8, 4) is 0 Å². The number of nitrogens with one attached hydrogen (secondary N) is 2. The first-order chi connectivity index (χ1) is 8.34. The van der Waals surface area contributed by atoms with E-state index in [0.717, 1.165) is 41.1 Å². The molecule has 0 spiro atoms. The van der Waals surface area contributed by atoms with Crippen LogP contribution >= 0.6 is 0 Å². The molecule has 0 atom stereocenters. The molecule has 0 unspecified atom stereocenters. The highest BCUT2D eigenvalue weighted by molar-refractivity contribution is 5.83. The molecule has 86 valence electrons. The van der Waals surface area contributed by atoms with Crippen LogP contribution in [0.2, 0.25) is 0 Å². The zero-order chi connectivity index (χ0) is 11.7. The van der Waals surface area contributed by atoms with Gasteiger partial charge >= 0.3 is 0 Å². The maximum absolute atomic E-state index is 4.37. The van der Waals surface area contributed by atoms with E-state index in [1.54, 1.807) is 12.4 Å². The summed E-state index contributed by atoms with van der Waals surface area (Å²) in [5, 5.41) is 6.68. The van der Waals surface area contributed by atoms with E-state index in [9.17, 15) is 0 Å². The van der Waals surface area contributed by atoms with E-state index in [0.29, 0.717) is 0 Å². The second-order valence-electron chi connectivity index (χ2n) is 4.12. The maximum Gasteiger partial charge on any atom is 0.0990 e. The van der Waals surface area contributed by atoms with E-state index >= 15 is 0 Å². The maximum atomic E-state index is 4.37. The van der Waals surface area contributed by atoms with Crippen LogP contribution in [0.3, 0.4) is 0 Å². The molecule has 0 fully saturated rings. The number of aryl methyl sites for hydroxylation is 1. The predicted octanol–water partition coefficient (Wildman–Crippen LogP) is 2.18. The lowest BCUT2D eigenvalue weighted by Gasteiger charge is -2.12. The highest BCUT2D eigenvalue weighted by atomic mass is 15.1. The highest BCUT2D eigenvalue weighted by Gasteiger charge is 2.08. The Kier molecular flexibility index (Phi) is 2.40. The molecule has 0 aliphatic carbocycles. The van der Waals surface area contributed by atoms with Gasteiger partial charge in [0.1, 0.15) is 0 Å². The molecule has 1 aromatic carbocycles. The summed E-state index contributed by atoms with van der Waals surface area (Å²) in [6.45, 7) is 3.07. The molecule has 17 heavy (non-hydrogen) atoms. The van der Waals surface area contributed by atoms with Gasteiger partial charge in [0.15, 0.2) is 0 Å². The topological polar surface area (TPSA) is 49.8 Å². The summed E-state index contributed by atoms with van der Waals surface area (Å²) >= 11 is 0. The standard InChI is InChI=1S/C13H14N4/c1-9-10(17-12-3-2-6-15-12)4-5-11-13(9)16-8-7-14-11/h3-5,7-8,15,17H,2,6H2,1H3. The molecule has 4 heteroatoms. The van der Waals surface area contributed by atoms with Crippen molar-refractivity contribution < 1.29 is 0 Å². The van der Waals surface area contributed by atoms with Gasteiger partial charge in [-0.05, 0) is 31.6 Å². The van der Waals surface area contributed by atoms with Crippen LogP contribution in [0, 0.1) is 6.92 Å². The third kappa shape index (κ3) is 1.82. The Morgan fingerprint density at radius 3 is 2.94 bits per heavy atom. The van der Waals surface area contributed by atoms with E-state index in [1.165, 1.54) is 0 Å². The largest absolute Gasteiger partial charge is 0.372 e. The summed E-state index contributed by atoms with van der Waals surface area (Å²) < 4.78 is 0. The summed E-state index contributed by atoms with van der Waals surface area (Å²) in [6, 6.07) is 4.04. The minimum atomic E-state index is 0.934. The Bertz CT molecular complexity index is 589. The first kappa shape index (κ1) is 10.1. The third-order valence-corrected chi connectivity index (χ3v) is 2.97. The van der Waals surface area contributed by atoms with E-state index < -0.39 is 0 Å². The van der Waals surface area contributed by atoms with Gasteiger partial charge in [-0.15, -0.1) is 0 Å². The van der Waals surface area contributed by atoms with Crippen molar-refractivity contribution in [1.82, 2.24) is 15.3 Å². The summed E-state index contributed by atoms with van der Waals surface area (Å²) in [5.41, 5.74) is 4.10. The first-order valence-electron chi connectivity index (χ1n) is 5.76. The minimum Gasteiger partial charge on any atom is -0.372 e. The quantitative estimate of drug-likeness (QED) is 0.824. The van der Waals surface area contributed by atoms with E-state index in [2.05, 4.69) is 33.6 Å². The van der Waals surface area contributed by atoms with Gasteiger partial charge in [0.2, 0.25) is 0 Å². The van der Waals surface area contributed by atoms with Crippen LogP contribution in [-0.2, 0) is 0 Å². The van der Waals surface area contributed by atoms with Crippen LogP contribution in [-0.4, -0.2) is 16.5 Å². The van der Waals surface area contributed by atoms with Crippen molar-refractivity contribution in [2.45, 2.75) is 13.3 Å². The Hall–Kier alpha value is -2.10. The highest BCUT2D eigenvalue weighted by Crippen LogP contribution is 2.23. The van der Waals surface area contributed by atoms with Crippen molar-refractivity contribution in [3.05, 3.63) is 42.0 Å². The lowest BCUT2D eigenvalue weighted by molar-refractivity contribution is 0.879. The van der Waals surface area contributed by atoms with Crippen molar-refractivity contribution in [1.29, 1.82) is 0 Å². The molecule has 1 aliphatic heterocycles. The average molecular weight is 226 g/mol. The van der Waals surface area contributed by atoms with Gasteiger partial charge in [-0.1, -0.05) is 0 Å². The zero-order valence-electron chi connectivity index (χ0n) is 9.70. The summed E-state index contributed by atoms with van der Waals surface area (Å²) in [6.07, 6.45) is 6.69. The van der Waals surface area contributed by atoms with Crippen molar-refractivity contribution in [3.63, 3.8) is 0 Å². The number of hydrogen-bond acceptors (Lipinski definition) is 4. The predicted molar refractivity (Wildman–Crippen MR) is 68.6 cm³/mol. The monoisotopic (exact) mass is 226 g/mol. The molecule has 1 aliphatic rings. The average Bonchev–Trinajstić information content (AvgIpc) is 2.86. The van der Waals surface area contributed by atoms with Gasteiger partial charge in [0.05, 0.1) is 16.9 Å². The van der Waals surface area contributed by atoms with Crippen LogP contribution < -0.4 is 10.6 Å². The number of hydrogen-bond donors (Lipinski definition) is 2. The van der Waals surface area contributed by atoms with Gasteiger partial charge in [-0.2, -0.15) is 0 Å². The number of benzene rings is 1. The molecule has 0 saturated heterocycles. The van der Waals surface area contributed by atoms with Gasteiger partial charge < -0.3 is 10.6 Å². The second kappa shape index (κ2) is 4.05. The Morgan fingerprint density at radius 2 is 2.12 bits per heavy atom. The number of aromatic nitrogens is 2. The SMILES string of the molecule is Cc1c(NC2=CCCN2)ccc2nccnc12. The van der Waals surface area contributed by atoms with Gasteiger partial charge in [0.25, 0.3) is 0 Å². The lowest BCUT2D eigenvalue weighted by atomic mass is 10.1. The van der Waals surface area contributed by atoms with Crippen LogP contribution in [0.4, 0.5) is 5.69 Å². The smallest absolute Gasteiger partial charge is 0.0990 e. The van der Waals surface area contributed by atoms with Crippen molar-refractivity contribution in [2.75, 3.05) is 11.9 Å². The van der Waals surface area contributed by atoms with E-state index in [4.69, 9.17) is 0 Å². The lowest BCUT2D eigenvalue weighted by Crippen LogP contribution is -2.15. The molecule has 0 bridgehead atoms. The second-order valence-corrected chi connectivity index (χ2v) is 4.12. The van der Waals surface area contributed by atoms with Crippen LogP contribution in [0.1, 0.15) is 12.0 Å². The minimum absolute atomic E-state index is 0.934. The normalized spacial score (nSPS) is 14.5. The molecule has 0 amide bonds. The van der Waals surface area contributed by atoms with Crippen LogP contribution in [0.15, 0.2) is 36.4 Å². The molecular formula is C13H14N4. The molecule has 3 rings (SSSR count). The number of rotatable bonds is 2. The summed E-state index contributed by atoms with van der Waals surface area (Å²) in [5.74, 6) is 1.08. The van der Waals surface area contributed by atoms with Crippen LogP contribution in [0.25, 0.3) is 11.0 Å². The fraction of sp³-hybridized carbons (Fsp3) is 0.231. The fourth-order valence-corrected chi connectivity index (χ4v) is 2.05. The molecule has 0 radical (unpaired) electrons. The summed E-state index contributed by atoms with van der Waals surface area (Å²) in [4.78, 5) is 8.67. The third-order valence-electron chi connectivity index (χ3n) is 2.97. The number of fused-ring (bicyclic) bond motifs is 1. The fourth-order valence-electron chi connectivity index (χ4n) is 2.05. The Balaban J connectivity index is 2.02. The number of nitrogens with zero attached hydrogens (tertiary/aromatic N) is 2. The molecule has 1 aromatic heterocycles. The van der Waals surface area contributed by atoms with Gasteiger partial charge in [-0.3, -0.25) is 9.97 Å².